The number of halogens is 1. The Morgan fingerprint density at radius 1 is 1.10 bits per heavy atom. The molecule has 0 aliphatic carbocycles. The summed E-state index contributed by atoms with van der Waals surface area (Å²) < 4.78 is 24.2. The summed E-state index contributed by atoms with van der Waals surface area (Å²) in [6.45, 7) is 1.04. The number of benzene rings is 2. The van der Waals surface area contributed by atoms with Crippen LogP contribution < -0.4 is 16.0 Å². The summed E-state index contributed by atoms with van der Waals surface area (Å²) in [4.78, 5) is 34.8. The molecule has 152 valence electrons. The lowest BCUT2D eigenvalue weighted by Gasteiger charge is -2.09. The molecule has 2 aromatic carbocycles. The molecule has 0 spiro atoms. The first-order valence-corrected chi connectivity index (χ1v) is 9.03. The monoisotopic (exact) mass is 408 g/mol. The Balaban J connectivity index is 1.81. The van der Waals surface area contributed by atoms with E-state index in [9.17, 15) is 23.9 Å². The Morgan fingerprint density at radius 3 is 2.53 bits per heavy atom. The van der Waals surface area contributed by atoms with E-state index in [0.29, 0.717) is 22.1 Å². The van der Waals surface area contributed by atoms with Crippen molar-refractivity contribution in [3.63, 3.8) is 0 Å². The van der Waals surface area contributed by atoms with Crippen LogP contribution in [0.1, 0.15) is 11.1 Å². The number of fused-ring (bicyclic) bond motifs is 2. The minimum atomic E-state index is -1.43. The number of hydrogen-bond acceptors (Lipinski definition) is 6. The highest BCUT2D eigenvalue weighted by atomic mass is 19.1. The van der Waals surface area contributed by atoms with Crippen molar-refractivity contribution in [2.75, 3.05) is 6.54 Å². The summed E-state index contributed by atoms with van der Waals surface area (Å²) in [5.74, 6) is -2.41. The van der Waals surface area contributed by atoms with Crippen LogP contribution in [0, 0.1) is 12.7 Å². The SMILES string of the molecule is Cc1c(CC(=O)NCC(=O)[O-])c(=O)oc2cc3occ(-c4ccc(F)cc4)c3cc12. The van der Waals surface area contributed by atoms with E-state index < -0.39 is 24.0 Å². The van der Waals surface area contributed by atoms with E-state index in [1.165, 1.54) is 12.1 Å². The van der Waals surface area contributed by atoms with E-state index in [2.05, 4.69) is 5.32 Å². The number of nitrogens with one attached hydrogen (secondary N) is 1. The Morgan fingerprint density at radius 2 is 1.83 bits per heavy atom. The van der Waals surface area contributed by atoms with E-state index in [0.717, 1.165) is 16.5 Å². The van der Waals surface area contributed by atoms with Gasteiger partial charge >= 0.3 is 5.63 Å². The molecule has 2 heterocycles. The fourth-order valence-corrected chi connectivity index (χ4v) is 3.36. The van der Waals surface area contributed by atoms with Gasteiger partial charge in [-0.2, -0.15) is 0 Å². The minimum absolute atomic E-state index is 0.129. The molecule has 0 saturated carbocycles. The van der Waals surface area contributed by atoms with E-state index in [1.807, 2.05) is 0 Å². The molecule has 4 aromatic rings. The van der Waals surface area contributed by atoms with Crippen molar-refractivity contribution in [3.8, 4) is 11.1 Å². The van der Waals surface area contributed by atoms with Crippen LogP contribution in [0.3, 0.4) is 0 Å². The second-order valence-electron chi connectivity index (χ2n) is 6.82. The number of carbonyl (C=O) groups is 2. The van der Waals surface area contributed by atoms with Gasteiger partial charge in [-0.05, 0) is 36.2 Å². The summed E-state index contributed by atoms with van der Waals surface area (Å²) in [5, 5.41) is 14.0. The minimum Gasteiger partial charge on any atom is -0.548 e. The molecule has 7 nitrogen and oxygen atoms in total. The van der Waals surface area contributed by atoms with Crippen molar-refractivity contribution < 1.29 is 27.9 Å². The molecule has 8 heteroatoms. The van der Waals surface area contributed by atoms with Crippen LogP contribution in [0.25, 0.3) is 33.1 Å². The van der Waals surface area contributed by atoms with Gasteiger partial charge in [0.15, 0.2) is 0 Å². The first-order valence-electron chi connectivity index (χ1n) is 9.03. The first kappa shape index (κ1) is 19.4. The van der Waals surface area contributed by atoms with E-state index in [-0.39, 0.29) is 17.8 Å². The molecule has 1 N–H and O–H groups in total. The Labute approximate surface area is 168 Å². The summed E-state index contributed by atoms with van der Waals surface area (Å²) in [5.41, 5.74) is 2.26. The molecular weight excluding hydrogens is 393 g/mol. The number of carboxylic acid groups (broad SMARTS) is 1. The number of amides is 1. The Bertz CT molecular complexity index is 1350. The van der Waals surface area contributed by atoms with Gasteiger partial charge in [-0.15, -0.1) is 0 Å². The maximum absolute atomic E-state index is 13.3. The molecule has 0 aliphatic heterocycles. The normalized spacial score (nSPS) is 11.1. The fraction of sp³-hybridized carbons (Fsp3) is 0.136. The molecule has 0 fully saturated rings. The predicted octanol–water partition coefficient (Wildman–Crippen LogP) is 2.06. The molecule has 30 heavy (non-hydrogen) atoms. The van der Waals surface area contributed by atoms with Gasteiger partial charge in [0.25, 0.3) is 0 Å². The summed E-state index contributed by atoms with van der Waals surface area (Å²) >= 11 is 0. The molecule has 4 rings (SSSR count). The molecule has 0 unspecified atom stereocenters. The van der Waals surface area contributed by atoms with Gasteiger partial charge in [0.1, 0.15) is 17.0 Å². The third kappa shape index (κ3) is 3.55. The third-order valence-corrected chi connectivity index (χ3v) is 4.90. The number of carbonyl (C=O) groups excluding carboxylic acids is 2. The number of carboxylic acids is 1. The maximum Gasteiger partial charge on any atom is 0.340 e. The first-order chi connectivity index (χ1) is 14.3. The number of furan rings is 1. The van der Waals surface area contributed by atoms with Crippen LogP contribution in [0.15, 0.2) is 56.3 Å². The highest BCUT2D eigenvalue weighted by Crippen LogP contribution is 2.34. The smallest absolute Gasteiger partial charge is 0.340 e. The van der Waals surface area contributed by atoms with Gasteiger partial charge in [-0.3, -0.25) is 4.79 Å². The van der Waals surface area contributed by atoms with Crippen molar-refractivity contribution in [2.45, 2.75) is 13.3 Å². The highest BCUT2D eigenvalue weighted by Gasteiger charge is 2.17. The Hall–Kier alpha value is -3.94. The summed E-state index contributed by atoms with van der Waals surface area (Å²) in [6, 6.07) is 9.34. The standard InChI is InChI=1S/C22H16FNO6/c1-11-14-6-16-17(12-2-4-13(23)5-3-12)10-29-18(16)8-19(14)30-22(28)15(11)7-20(25)24-9-21(26)27/h2-6,8,10H,7,9H2,1H3,(H,24,25)(H,26,27)/p-1. The second-order valence-corrected chi connectivity index (χ2v) is 6.82. The third-order valence-electron chi connectivity index (χ3n) is 4.90. The number of aliphatic carboxylic acids is 1. The lowest BCUT2D eigenvalue weighted by Crippen LogP contribution is -2.38. The maximum atomic E-state index is 13.3. The molecule has 0 radical (unpaired) electrons. The molecule has 1 amide bonds. The van der Waals surface area contributed by atoms with Gasteiger partial charge in [0.05, 0.1) is 30.8 Å². The van der Waals surface area contributed by atoms with Gasteiger partial charge in [0, 0.05) is 22.4 Å². The van der Waals surface area contributed by atoms with Crippen LogP contribution >= 0.6 is 0 Å². The molecule has 0 saturated heterocycles. The van der Waals surface area contributed by atoms with Crippen LogP contribution in [0.4, 0.5) is 4.39 Å². The predicted molar refractivity (Wildman–Crippen MR) is 104 cm³/mol. The van der Waals surface area contributed by atoms with Crippen LogP contribution in [0.2, 0.25) is 0 Å². The molecular formula is C22H15FNO6-. The van der Waals surface area contributed by atoms with E-state index >= 15 is 0 Å². The second kappa shape index (κ2) is 7.47. The van der Waals surface area contributed by atoms with Gasteiger partial charge in [-0.25, -0.2) is 9.18 Å². The van der Waals surface area contributed by atoms with E-state index in [4.69, 9.17) is 8.83 Å². The van der Waals surface area contributed by atoms with Gasteiger partial charge in [-0.1, -0.05) is 12.1 Å². The fourth-order valence-electron chi connectivity index (χ4n) is 3.36. The van der Waals surface area contributed by atoms with Crippen LogP contribution in [0.5, 0.6) is 0 Å². The number of rotatable bonds is 5. The molecule has 0 bridgehead atoms. The summed E-state index contributed by atoms with van der Waals surface area (Å²) in [6.07, 6.45) is 1.21. The molecule has 0 atom stereocenters. The van der Waals surface area contributed by atoms with E-state index in [1.54, 1.807) is 37.5 Å². The Kier molecular flexibility index (Phi) is 4.83. The van der Waals surface area contributed by atoms with Gasteiger partial charge in [0.2, 0.25) is 5.91 Å². The highest BCUT2D eigenvalue weighted by molar-refractivity contribution is 6.02. The van der Waals surface area contributed by atoms with Crippen LogP contribution in [-0.4, -0.2) is 18.4 Å². The topological polar surface area (TPSA) is 113 Å². The quantitative estimate of drug-likeness (QED) is 0.506. The molecule has 2 aromatic heterocycles. The lowest BCUT2D eigenvalue weighted by molar-refractivity contribution is -0.304. The van der Waals surface area contributed by atoms with Crippen LogP contribution in [-0.2, 0) is 16.0 Å². The van der Waals surface area contributed by atoms with Crippen molar-refractivity contribution in [1.29, 1.82) is 0 Å². The number of hydrogen-bond donors (Lipinski definition) is 1. The average molecular weight is 408 g/mol. The van der Waals surface area contributed by atoms with Crippen molar-refractivity contribution >= 4 is 33.8 Å². The van der Waals surface area contributed by atoms with Crippen molar-refractivity contribution in [2.24, 2.45) is 0 Å². The zero-order valence-corrected chi connectivity index (χ0v) is 15.8. The largest absolute Gasteiger partial charge is 0.548 e. The van der Waals surface area contributed by atoms with Gasteiger partial charge < -0.3 is 24.1 Å². The zero-order chi connectivity index (χ0) is 21.4. The number of aryl methyl sites for hydroxylation is 1. The van der Waals surface area contributed by atoms with Crippen molar-refractivity contribution in [1.82, 2.24) is 5.32 Å². The summed E-state index contributed by atoms with van der Waals surface area (Å²) in [7, 11) is 0. The average Bonchev–Trinajstić information content (AvgIpc) is 3.12. The lowest BCUT2D eigenvalue weighted by atomic mass is 9.99. The zero-order valence-electron chi connectivity index (χ0n) is 15.8. The molecule has 0 aliphatic rings. The van der Waals surface area contributed by atoms with Crippen molar-refractivity contribution in [3.05, 3.63) is 70.0 Å².